The van der Waals surface area contributed by atoms with E-state index in [4.69, 9.17) is 0 Å². The minimum atomic E-state index is 0.693. The molecule has 0 heterocycles. The van der Waals surface area contributed by atoms with Gasteiger partial charge in [0.25, 0.3) is 0 Å². The van der Waals surface area contributed by atoms with E-state index < -0.39 is 0 Å². The van der Waals surface area contributed by atoms with Crippen LogP contribution in [0.3, 0.4) is 0 Å². The average Bonchev–Trinajstić information content (AvgIpc) is 2.04. The van der Waals surface area contributed by atoms with Crippen molar-refractivity contribution in [3.05, 3.63) is 0 Å². The predicted molar refractivity (Wildman–Crippen MR) is 54.2 cm³/mol. The molecule has 0 aromatic rings. The molecule has 0 aliphatic heterocycles. The van der Waals surface area contributed by atoms with E-state index in [9.17, 15) is 0 Å². The van der Waals surface area contributed by atoms with E-state index in [1.54, 1.807) is 0 Å². The lowest BCUT2D eigenvalue weighted by Gasteiger charge is -2.32. The molecule has 66 valence electrons. The zero-order valence-electron chi connectivity index (χ0n) is 7.71. The molecule has 0 spiro atoms. The summed E-state index contributed by atoms with van der Waals surface area (Å²) in [5, 5.41) is 0.693. The Morgan fingerprint density at radius 3 is 2.36 bits per heavy atom. The van der Waals surface area contributed by atoms with Crippen molar-refractivity contribution in [3.63, 3.8) is 0 Å². The topological polar surface area (TPSA) is 0 Å². The molecular weight excluding hydrogens is 152 g/mol. The maximum atomic E-state index is 4.65. The first-order chi connectivity index (χ1) is 5.27. The molecule has 1 aliphatic rings. The quantitative estimate of drug-likeness (QED) is 0.605. The van der Waals surface area contributed by atoms with Gasteiger partial charge in [0.1, 0.15) is 0 Å². The second-order valence-electron chi connectivity index (χ2n) is 3.82. The summed E-state index contributed by atoms with van der Waals surface area (Å²) in [5.74, 6) is 1.88. The molecule has 3 unspecified atom stereocenters. The van der Waals surface area contributed by atoms with Crippen molar-refractivity contribution in [1.82, 2.24) is 0 Å². The van der Waals surface area contributed by atoms with Crippen LogP contribution in [0, 0.1) is 11.8 Å². The van der Waals surface area contributed by atoms with E-state index in [1.165, 1.54) is 32.1 Å². The Hall–Kier alpha value is 0.350. The van der Waals surface area contributed by atoms with Gasteiger partial charge in [-0.3, -0.25) is 0 Å². The zero-order valence-corrected chi connectivity index (χ0v) is 8.61. The van der Waals surface area contributed by atoms with Crippen molar-refractivity contribution in [3.8, 4) is 0 Å². The number of hydrogen-bond acceptors (Lipinski definition) is 1. The van der Waals surface area contributed by atoms with Gasteiger partial charge in [0.15, 0.2) is 0 Å². The summed E-state index contributed by atoms with van der Waals surface area (Å²) in [6, 6.07) is 0. The van der Waals surface area contributed by atoms with Crippen molar-refractivity contribution in [2.45, 2.75) is 51.2 Å². The third-order valence-electron chi connectivity index (χ3n) is 3.17. The highest BCUT2D eigenvalue weighted by Crippen LogP contribution is 2.35. The molecule has 1 saturated carbocycles. The van der Waals surface area contributed by atoms with Gasteiger partial charge in [-0.25, -0.2) is 0 Å². The molecule has 1 rings (SSSR count). The zero-order chi connectivity index (χ0) is 8.27. The molecular formula is C10H20S. The second kappa shape index (κ2) is 4.39. The summed E-state index contributed by atoms with van der Waals surface area (Å²) in [5.41, 5.74) is 0. The molecule has 3 atom stereocenters. The minimum absolute atomic E-state index is 0.693. The van der Waals surface area contributed by atoms with Crippen LogP contribution in [0.5, 0.6) is 0 Å². The molecule has 1 heteroatoms. The summed E-state index contributed by atoms with van der Waals surface area (Å²) in [6.45, 7) is 4.59. The fraction of sp³-hybridized carbons (Fsp3) is 1.00. The Balaban J connectivity index is 2.34. The first-order valence-corrected chi connectivity index (χ1v) is 5.47. The number of rotatable bonds is 2. The van der Waals surface area contributed by atoms with Crippen LogP contribution in [-0.2, 0) is 0 Å². The lowest BCUT2D eigenvalue weighted by atomic mass is 9.79. The molecule has 11 heavy (non-hydrogen) atoms. The Morgan fingerprint density at radius 2 is 1.91 bits per heavy atom. The molecule has 0 nitrogen and oxygen atoms in total. The van der Waals surface area contributed by atoms with Crippen LogP contribution in [0.4, 0.5) is 0 Å². The van der Waals surface area contributed by atoms with Crippen LogP contribution in [0.1, 0.15) is 46.0 Å². The summed E-state index contributed by atoms with van der Waals surface area (Å²) in [6.07, 6.45) is 6.91. The highest BCUT2D eigenvalue weighted by atomic mass is 32.1. The van der Waals surface area contributed by atoms with Crippen LogP contribution >= 0.6 is 12.6 Å². The Morgan fingerprint density at radius 1 is 1.18 bits per heavy atom. The molecule has 0 N–H and O–H groups in total. The third kappa shape index (κ3) is 2.40. The van der Waals surface area contributed by atoms with Crippen molar-refractivity contribution >= 4 is 12.6 Å². The van der Waals surface area contributed by atoms with E-state index in [0.717, 1.165) is 11.8 Å². The fourth-order valence-corrected chi connectivity index (χ4v) is 2.80. The summed E-state index contributed by atoms with van der Waals surface area (Å²) >= 11 is 4.65. The van der Waals surface area contributed by atoms with Gasteiger partial charge < -0.3 is 0 Å². The molecule has 0 radical (unpaired) electrons. The second-order valence-corrected chi connectivity index (χ2v) is 4.49. The largest absolute Gasteiger partial charge is 0.176 e. The lowest BCUT2D eigenvalue weighted by molar-refractivity contribution is 0.275. The molecule has 0 aromatic heterocycles. The van der Waals surface area contributed by atoms with Crippen molar-refractivity contribution in [1.29, 1.82) is 0 Å². The maximum absolute atomic E-state index is 4.65. The molecule has 0 aromatic carbocycles. The first kappa shape index (κ1) is 9.44. The predicted octanol–water partition coefficient (Wildman–Crippen LogP) is 3.52. The summed E-state index contributed by atoms with van der Waals surface area (Å²) < 4.78 is 0. The van der Waals surface area contributed by atoms with Gasteiger partial charge in [-0.05, 0) is 24.7 Å². The van der Waals surface area contributed by atoms with Gasteiger partial charge in [-0.15, -0.1) is 0 Å². The van der Waals surface area contributed by atoms with E-state index in [0.29, 0.717) is 5.25 Å². The van der Waals surface area contributed by atoms with Gasteiger partial charge >= 0.3 is 0 Å². The van der Waals surface area contributed by atoms with E-state index in [1.807, 2.05) is 0 Å². The molecule has 0 bridgehead atoms. The Bertz CT molecular complexity index is 111. The third-order valence-corrected chi connectivity index (χ3v) is 3.80. The van der Waals surface area contributed by atoms with Crippen molar-refractivity contribution in [2.75, 3.05) is 0 Å². The average molecular weight is 172 g/mol. The van der Waals surface area contributed by atoms with Crippen LogP contribution in [0.25, 0.3) is 0 Å². The normalized spacial score (nSPS) is 39.0. The number of thiol groups is 1. The highest BCUT2D eigenvalue weighted by Gasteiger charge is 2.25. The molecule has 1 fully saturated rings. The van der Waals surface area contributed by atoms with E-state index in [-0.39, 0.29) is 0 Å². The van der Waals surface area contributed by atoms with Crippen LogP contribution < -0.4 is 0 Å². The van der Waals surface area contributed by atoms with Gasteiger partial charge in [0, 0.05) is 5.25 Å². The van der Waals surface area contributed by atoms with Gasteiger partial charge in [-0.2, -0.15) is 12.6 Å². The van der Waals surface area contributed by atoms with Crippen LogP contribution in [0.2, 0.25) is 0 Å². The lowest BCUT2D eigenvalue weighted by Crippen LogP contribution is -2.24. The maximum Gasteiger partial charge on any atom is 0.00476 e. The Labute approximate surface area is 76.2 Å². The van der Waals surface area contributed by atoms with E-state index in [2.05, 4.69) is 26.5 Å². The first-order valence-electron chi connectivity index (χ1n) is 4.96. The molecule has 0 amide bonds. The van der Waals surface area contributed by atoms with Crippen molar-refractivity contribution in [2.24, 2.45) is 11.8 Å². The SMILES string of the molecule is CCC1CCC(CC)C(S)C1. The van der Waals surface area contributed by atoms with Crippen molar-refractivity contribution < 1.29 is 0 Å². The minimum Gasteiger partial charge on any atom is -0.176 e. The highest BCUT2D eigenvalue weighted by molar-refractivity contribution is 7.81. The summed E-state index contributed by atoms with van der Waals surface area (Å²) in [4.78, 5) is 0. The monoisotopic (exact) mass is 172 g/mol. The Kier molecular flexibility index (Phi) is 3.77. The summed E-state index contributed by atoms with van der Waals surface area (Å²) in [7, 11) is 0. The van der Waals surface area contributed by atoms with Gasteiger partial charge in [-0.1, -0.05) is 33.1 Å². The fourth-order valence-electron chi connectivity index (χ4n) is 2.14. The molecule has 1 aliphatic carbocycles. The standard InChI is InChI=1S/C10H20S/c1-3-8-5-6-9(4-2)10(11)7-8/h8-11H,3-7H2,1-2H3. The van der Waals surface area contributed by atoms with Gasteiger partial charge in [0.05, 0.1) is 0 Å². The van der Waals surface area contributed by atoms with Crippen LogP contribution in [0.15, 0.2) is 0 Å². The smallest absolute Gasteiger partial charge is 0.00476 e. The number of hydrogen-bond donors (Lipinski definition) is 1. The van der Waals surface area contributed by atoms with Gasteiger partial charge in [0.2, 0.25) is 0 Å². The van der Waals surface area contributed by atoms with E-state index >= 15 is 0 Å². The molecule has 0 saturated heterocycles. The van der Waals surface area contributed by atoms with Crippen LogP contribution in [-0.4, -0.2) is 5.25 Å².